The van der Waals surface area contributed by atoms with Crippen molar-refractivity contribution in [3.8, 4) is 0 Å². The minimum Gasteiger partial charge on any atom is -0.473 e. The van der Waals surface area contributed by atoms with E-state index in [4.69, 9.17) is 9.57 Å². The van der Waals surface area contributed by atoms with Crippen LogP contribution in [0, 0.1) is 17.3 Å². The Morgan fingerprint density at radius 3 is 2.88 bits per heavy atom. The van der Waals surface area contributed by atoms with Crippen molar-refractivity contribution >= 4 is 17.5 Å². The predicted octanol–water partition coefficient (Wildman–Crippen LogP) is 2.66. The van der Waals surface area contributed by atoms with Gasteiger partial charge < -0.3 is 9.57 Å². The number of benzene rings is 1. The molecule has 2 aliphatic carbocycles. The third-order valence-electron chi connectivity index (χ3n) is 5.47. The molecule has 0 bridgehead atoms. The van der Waals surface area contributed by atoms with Gasteiger partial charge in [-0.2, -0.15) is 0 Å². The van der Waals surface area contributed by atoms with Gasteiger partial charge in [0.1, 0.15) is 18.6 Å². The molecule has 0 saturated heterocycles. The number of oxime groups is 1. The van der Waals surface area contributed by atoms with Gasteiger partial charge in [0.05, 0.1) is 5.41 Å². The first-order chi connectivity index (χ1) is 11.6. The number of hydrogen-bond donors (Lipinski definition) is 0. The van der Waals surface area contributed by atoms with Gasteiger partial charge in [-0.3, -0.25) is 9.59 Å². The fourth-order valence-electron chi connectivity index (χ4n) is 3.91. The molecular weight excluding hydrogens is 306 g/mol. The Bertz CT molecular complexity index is 739. The second kappa shape index (κ2) is 5.58. The van der Waals surface area contributed by atoms with E-state index in [0.29, 0.717) is 18.9 Å². The van der Waals surface area contributed by atoms with E-state index >= 15 is 0 Å². The zero-order chi connectivity index (χ0) is 16.7. The summed E-state index contributed by atoms with van der Waals surface area (Å²) < 4.78 is 5.76. The van der Waals surface area contributed by atoms with E-state index in [-0.39, 0.29) is 23.6 Å². The second-order valence-electron chi connectivity index (χ2n) is 6.83. The molecule has 1 fully saturated rings. The van der Waals surface area contributed by atoms with E-state index in [9.17, 15) is 9.59 Å². The third kappa shape index (κ3) is 2.19. The Hall–Kier alpha value is -2.43. The van der Waals surface area contributed by atoms with Crippen LogP contribution in [0.3, 0.4) is 0 Å². The second-order valence-corrected chi connectivity index (χ2v) is 6.83. The Morgan fingerprint density at radius 2 is 2.08 bits per heavy atom. The smallest absolute Gasteiger partial charge is 0.240 e. The van der Waals surface area contributed by atoms with E-state index in [1.54, 1.807) is 6.92 Å². The molecule has 24 heavy (non-hydrogen) atoms. The van der Waals surface area contributed by atoms with Gasteiger partial charge in [-0.05, 0) is 37.3 Å². The predicted molar refractivity (Wildman–Crippen MR) is 87.0 cm³/mol. The fourth-order valence-corrected chi connectivity index (χ4v) is 3.91. The van der Waals surface area contributed by atoms with Crippen molar-refractivity contribution in [2.45, 2.75) is 32.5 Å². The van der Waals surface area contributed by atoms with Crippen LogP contribution in [0.2, 0.25) is 0 Å². The van der Waals surface area contributed by atoms with Crippen molar-refractivity contribution in [3.05, 3.63) is 48.0 Å². The number of Topliss-reactive ketones (excluding diaryl/α,β-unsaturated/α-hetero) is 1. The summed E-state index contributed by atoms with van der Waals surface area (Å²) in [6.07, 6.45) is 4.43. The average Bonchev–Trinajstić information content (AvgIpc) is 3.00. The Balaban J connectivity index is 1.55. The minimum absolute atomic E-state index is 0.0209. The van der Waals surface area contributed by atoms with Crippen LogP contribution in [0.4, 0.5) is 0 Å². The van der Waals surface area contributed by atoms with Gasteiger partial charge in [-0.15, -0.1) is 0 Å². The summed E-state index contributed by atoms with van der Waals surface area (Å²) in [6.45, 7) is 2.09. The molecule has 0 amide bonds. The van der Waals surface area contributed by atoms with Crippen LogP contribution >= 0.6 is 0 Å². The Morgan fingerprint density at radius 1 is 1.29 bits per heavy atom. The van der Waals surface area contributed by atoms with Crippen LogP contribution < -0.4 is 0 Å². The van der Waals surface area contributed by atoms with Gasteiger partial charge >= 0.3 is 0 Å². The minimum atomic E-state index is -0.986. The molecular formula is C19H19NO4. The van der Waals surface area contributed by atoms with Crippen LogP contribution in [0.1, 0.15) is 25.3 Å². The molecule has 0 spiro atoms. The number of rotatable bonds is 2. The highest BCUT2D eigenvalue weighted by atomic mass is 16.7. The molecule has 1 aromatic carbocycles. The topological polar surface area (TPSA) is 65.0 Å². The van der Waals surface area contributed by atoms with E-state index in [1.807, 2.05) is 36.4 Å². The van der Waals surface area contributed by atoms with Gasteiger partial charge in [0.25, 0.3) is 0 Å². The lowest BCUT2D eigenvalue weighted by atomic mass is 9.57. The number of hydrogen-bond acceptors (Lipinski definition) is 5. The molecule has 124 valence electrons. The highest BCUT2D eigenvalue weighted by Crippen LogP contribution is 2.48. The molecule has 4 rings (SSSR count). The summed E-state index contributed by atoms with van der Waals surface area (Å²) in [5.74, 6) is -0.535. The monoisotopic (exact) mass is 325 g/mol. The lowest BCUT2D eigenvalue weighted by molar-refractivity contribution is -0.151. The van der Waals surface area contributed by atoms with Crippen LogP contribution in [-0.2, 0) is 25.8 Å². The molecule has 5 nitrogen and oxygen atoms in total. The van der Waals surface area contributed by atoms with Crippen molar-refractivity contribution < 1.29 is 19.2 Å². The molecule has 1 heterocycles. The number of carbonyl (C=O) groups excluding carboxylic acids is 2. The highest BCUT2D eigenvalue weighted by molar-refractivity contribution is 6.18. The molecule has 1 aliphatic heterocycles. The van der Waals surface area contributed by atoms with E-state index < -0.39 is 11.3 Å². The zero-order valence-corrected chi connectivity index (χ0v) is 13.5. The maximum Gasteiger partial charge on any atom is 0.240 e. The van der Waals surface area contributed by atoms with Crippen molar-refractivity contribution in [1.82, 2.24) is 0 Å². The van der Waals surface area contributed by atoms with Crippen LogP contribution in [-0.4, -0.2) is 23.6 Å². The molecule has 1 saturated carbocycles. The van der Waals surface area contributed by atoms with E-state index in [1.165, 1.54) is 6.08 Å². The number of ether oxygens (including phenoxy) is 1. The largest absolute Gasteiger partial charge is 0.473 e. The summed E-state index contributed by atoms with van der Waals surface area (Å²) in [5, 5.41) is 4.00. The van der Waals surface area contributed by atoms with Crippen LogP contribution in [0.15, 0.2) is 47.6 Å². The molecule has 4 atom stereocenters. The summed E-state index contributed by atoms with van der Waals surface area (Å²) in [6, 6.07) is 9.69. The maximum absolute atomic E-state index is 13.1. The zero-order valence-electron chi connectivity index (χ0n) is 13.5. The molecule has 1 aromatic rings. The first-order valence-electron chi connectivity index (χ1n) is 8.26. The molecule has 0 N–H and O–H groups in total. The van der Waals surface area contributed by atoms with Gasteiger partial charge in [0.15, 0.2) is 11.6 Å². The fraction of sp³-hybridized carbons (Fsp3) is 0.421. The standard InChI is InChI=1S/C19H19NO4/c1-19-13(8-5-9-15(19)21)10-14-16(17(19)22)18(20-24-14)23-11-12-6-3-2-4-7-12/h2-7,9,13-14,16H,8,10-11H2,1H3/t13?,14?,16?,19-/m1/s1. The van der Waals surface area contributed by atoms with Crippen LogP contribution in [0.5, 0.6) is 0 Å². The normalized spacial score (nSPS) is 34.2. The van der Waals surface area contributed by atoms with Crippen LogP contribution in [0.25, 0.3) is 0 Å². The van der Waals surface area contributed by atoms with Crippen molar-refractivity contribution in [2.75, 3.05) is 0 Å². The Kier molecular flexibility index (Phi) is 3.52. The number of ketones is 2. The third-order valence-corrected chi connectivity index (χ3v) is 5.47. The average molecular weight is 325 g/mol. The molecule has 3 unspecified atom stereocenters. The van der Waals surface area contributed by atoms with Crippen molar-refractivity contribution in [1.29, 1.82) is 0 Å². The highest BCUT2D eigenvalue weighted by Gasteiger charge is 2.60. The summed E-state index contributed by atoms with van der Waals surface area (Å²) >= 11 is 0. The SMILES string of the molecule is C[C@]12C(=O)C=CCC1CC1ON=C(OCc3ccccc3)C1C2=O. The molecule has 0 aromatic heterocycles. The lowest BCUT2D eigenvalue weighted by Crippen LogP contribution is -2.55. The van der Waals surface area contributed by atoms with E-state index in [2.05, 4.69) is 5.16 Å². The van der Waals surface area contributed by atoms with Gasteiger partial charge in [0.2, 0.25) is 5.90 Å². The Labute approximate surface area is 140 Å². The number of allylic oxidation sites excluding steroid dienone is 2. The summed E-state index contributed by atoms with van der Waals surface area (Å²) in [5.41, 5.74) is 0.00759. The number of carbonyl (C=O) groups is 2. The number of nitrogens with zero attached hydrogens (tertiary/aromatic N) is 1. The van der Waals surface area contributed by atoms with Crippen molar-refractivity contribution in [2.24, 2.45) is 22.4 Å². The quantitative estimate of drug-likeness (QED) is 0.784. The first-order valence-corrected chi connectivity index (χ1v) is 8.26. The van der Waals surface area contributed by atoms with Crippen molar-refractivity contribution in [3.63, 3.8) is 0 Å². The van der Waals surface area contributed by atoms with Gasteiger partial charge in [0, 0.05) is 0 Å². The lowest BCUT2D eigenvalue weighted by Gasteiger charge is -2.43. The maximum atomic E-state index is 13.1. The number of fused-ring (bicyclic) bond motifs is 2. The molecule has 5 heteroatoms. The van der Waals surface area contributed by atoms with Gasteiger partial charge in [-0.1, -0.05) is 41.6 Å². The summed E-state index contributed by atoms with van der Waals surface area (Å²) in [4.78, 5) is 31.0. The molecule has 3 aliphatic rings. The van der Waals surface area contributed by atoms with E-state index in [0.717, 1.165) is 12.0 Å². The first kappa shape index (κ1) is 15.1. The van der Waals surface area contributed by atoms with Gasteiger partial charge in [-0.25, -0.2) is 0 Å². The summed E-state index contributed by atoms with van der Waals surface area (Å²) in [7, 11) is 0. The molecule has 0 radical (unpaired) electrons.